The van der Waals surface area contributed by atoms with Gasteiger partial charge in [-0.3, -0.25) is 9.69 Å². The van der Waals surface area contributed by atoms with Crippen molar-refractivity contribution in [1.82, 2.24) is 24.6 Å². The average molecular weight is 426 g/mol. The molecule has 4 rings (SSSR count). The minimum absolute atomic E-state index is 0.0969. The number of ether oxygens (including phenoxy) is 1. The van der Waals surface area contributed by atoms with Gasteiger partial charge in [0.15, 0.2) is 5.13 Å². The van der Waals surface area contributed by atoms with E-state index in [0.717, 1.165) is 17.0 Å². The van der Waals surface area contributed by atoms with Crippen molar-refractivity contribution in [2.45, 2.75) is 20.5 Å². The summed E-state index contributed by atoms with van der Waals surface area (Å²) in [6, 6.07) is 7.66. The molecule has 11 heteroatoms. The van der Waals surface area contributed by atoms with E-state index in [9.17, 15) is 14.0 Å². The first-order chi connectivity index (χ1) is 14.4. The van der Waals surface area contributed by atoms with Gasteiger partial charge in [0.05, 0.1) is 11.4 Å². The molecule has 0 fully saturated rings. The molecular formula is C19H15FN6O3S. The second-order valence-electron chi connectivity index (χ2n) is 6.24. The van der Waals surface area contributed by atoms with E-state index in [0.29, 0.717) is 11.5 Å². The summed E-state index contributed by atoms with van der Waals surface area (Å²) in [5.74, 6) is -1.50. The van der Waals surface area contributed by atoms with Gasteiger partial charge in [-0.2, -0.15) is 4.98 Å². The summed E-state index contributed by atoms with van der Waals surface area (Å²) >= 11 is 1.13. The van der Waals surface area contributed by atoms with Gasteiger partial charge in [-0.15, -0.1) is 16.4 Å². The molecule has 3 aromatic heterocycles. The number of carbonyl (C=O) groups is 2. The lowest BCUT2D eigenvalue weighted by Crippen LogP contribution is -2.23. The van der Waals surface area contributed by atoms with E-state index in [-0.39, 0.29) is 23.3 Å². The molecular weight excluding hydrogens is 411 g/mol. The number of halogens is 1. The molecule has 9 nitrogen and oxygen atoms in total. The van der Waals surface area contributed by atoms with Crippen molar-refractivity contribution in [3.63, 3.8) is 0 Å². The second-order valence-corrected chi connectivity index (χ2v) is 7.07. The maximum atomic E-state index is 14.1. The van der Waals surface area contributed by atoms with Crippen LogP contribution in [0, 0.1) is 12.7 Å². The third kappa shape index (κ3) is 3.74. The number of hydrogen-bond donors (Lipinski definition) is 0. The first-order valence-electron chi connectivity index (χ1n) is 8.79. The Kier molecular flexibility index (Phi) is 5.19. The Balaban J connectivity index is 1.50. The number of rotatable bonds is 5. The highest BCUT2D eigenvalue weighted by molar-refractivity contribution is 7.14. The SMILES string of the molecule is CC(=O)N(c1nc(COC(=O)c2nc3nccc(C)n3n2)cs1)c1ccccc1F. The summed E-state index contributed by atoms with van der Waals surface area (Å²) < 4.78 is 20.8. The number of para-hydroxylation sites is 1. The van der Waals surface area contributed by atoms with E-state index >= 15 is 0 Å². The number of anilines is 2. The van der Waals surface area contributed by atoms with Crippen molar-refractivity contribution >= 4 is 39.8 Å². The third-order valence-electron chi connectivity index (χ3n) is 4.10. The molecule has 0 aliphatic rings. The van der Waals surface area contributed by atoms with Gasteiger partial charge in [0.25, 0.3) is 11.6 Å². The lowest BCUT2D eigenvalue weighted by molar-refractivity contribution is -0.115. The number of aryl methyl sites for hydroxylation is 1. The number of benzene rings is 1. The zero-order valence-electron chi connectivity index (χ0n) is 15.9. The molecule has 0 spiro atoms. The Labute approximate surface area is 173 Å². The van der Waals surface area contributed by atoms with Crippen molar-refractivity contribution < 1.29 is 18.7 Å². The van der Waals surface area contributed by atoms with Crippen LogP contribution in [0.4, 0.5) is 15.2 Å². The normalized spacial score (nSPS) is 10.9. The van der Waals surface area contributed by atoms with Crippen molar-refractivity contribution in [3.05, 3.63) is 64.9 Å². The molecule has 1 amide bonds. The van der Waals surface area contributed by atoms with Crippen LogP contribution in [-0.2, 0) is 16.1 Å². The third-order valence-corrected chi connectivity index (χ3v) is 4.98. The first-order valence-corrected chi connectivity index (χ1v) is 9.67. The predicted molar refractivity (Wildman–Crippen MR) is 106 cm³/mol. The largest absolute Gasteiger partial charge is 0.453 e. The summed E-state index contributed by atoms with van der Waals surface area (Å²) in [6.07, 6.45) is 1.57. The zero-order valence-corrected chi connectivity index (χ0v) is 16.8. The van der Waals surface area contributed by atoms with Crippen molar-refractivity contribution in [2.75, 3.05) is 4.90 Å². The summed E-state index contributed by atoms with van der Waals surface area (Å²) in [4.78, 5) is 37.9. The molecule has 152 valence electrons. The van der Waals surface area contributed by atoms with Gasteiger partial charge in [-0.05, 0) is 25.1 Å². The highest BCUT2D eigenvalue weighted by Crippen LogP contribution is 2.30. The van der Waals surface area contributed by atoms with Crippen LogP contribution < -0.4 is 4.90 Å². The summed E-state index contributed by atoms with van der Waals surface area (Å²) in [6.45, 7) is 2.98. The highest BCUT2D eigenvalue weighted by atomic mass is 32.1. The van der Waals surface area contributed by atoms with Crippen LogP contribution in [0.1, 0.15) is 28.9 Å². The Morgan fingerprint density at radius 3 is 2.77 bits per heavy atom. The fourth-order valence-corrected chi connectivity index (χ4v) is 3.57. The fraction of sp³-hybridized carbons (Fsp3) is 0.158. The molecule has 30 heavy (non-hydrogen) atoms. The first kappa shape index (κ1) is 19.6. The molecule has 0 N–H and O–H groups in total. The van der Waals surface area contributed by atoms with Crippen LogP contribution in [0.15, 0.2) is 41.9 Å². The van der Waals surface area contributed by atoms with Gasteiger partial charge >= 0.3 is 5.97 Å². The van der Waals surface area contributed by atoms with Gasteiger partial charge in [-0.1, -0.05) is 12.1 Å². The number of aromatic nitrogens is 5. The Morgan fingerprint density at radius 2 is 2.03 bits per heavy atom. The van der Waals surface area contributed by atoms with Gasteiger partial charge < -0.3 is 4.74 Å². The molecule has 0 aliphatic carbocycles. The monoisotopic (exact) mass is 426 g/mol. The van der Waals surface area contributed by atoms with E-state index in [1.165, 1.54) is 34.5 Å². The van der Waals surface area contributed by atoms with Gasteiger partial charge in [0.1, 0.15) is 12.4 Å². The van der Waals surface area contributed by atoms with Crippen LogP contribution in [-0.4, -0.2) is 36.4 Å². The van der Waals surface area contributed by atoms with Crippen LogP contribution in [0.3, 0.4) is 0 Å². The van der Waals surface area contributed by atoms with Gasteiger partial charge in [-0.25, -0.2) is 23.7 Å². The quantitative estimate of drug-likeness (QED) is 0.452. The topological polar surface area (TPSA) is 103 Å². The van der Waals surface area contributed by atoms with Crippen LogP contribution in [0.2, 0.25) is 0 Å². The van der Waals surface area contributed by atoms with E-state index < -0.39 is 17.7 Å². The molecule has 0 saturated heterocycles. The highest BCUT2D eigenvalue weighted by Gasteiger charge is 2.22. The summed E-state index contributed by atoms with van der Waals surface area (Å²) in [5, 5.41) is 5.98. The number of amides is 1. The molecule has 1 aromatic carbocycles. The van der Waals surface area contributed by atoms with Gasteiger partial charge in [0.2, 0.25) is 5.91 Å². The van der Waals surface area contributed by atoms with Crippen molar-refractivity contribution in [3.8, 4) is 0 Å². The molecule has 0 atom stereocenters. The Hall–Kier alpha value is -3.73. The predicted octanol–water partition coefficient (Wildman–Crippen LogP) is 3.07. The van der Waals surface area contributed by atoms with E-state index in [1.807, 2.05) is 6.92 Å². The standard InChI is InChI=1S/C19H15FN6O3S/c1-11-7-8-21-18-23-16(24-26(11)18)17(28)29-9-13-10-30-19(22-13)25(12(2)27)15-6-4-3-5-14(15)20/h3-8,10H,9H2,1-2H3. The van der Waals surface area contributed by atoms with Gasteiger partial charge in [0, 0.05) is 24.2 Å². The lowest BCUT2D eigenvalue weighted by atomic mass is 10.3. The number of esters is 1. The molecule has 0 aliphatic heterocycles. The second kappa shape index (κ2) is 7.95. The smallest absolute Gasteiger partial charge is 0.378 e. The molecule has 0 unspecified atom stereocenters. The van der Waals surface area contributed by atoms with E-state index in [1.54, 1.807) is 23.7 Å². The number of nitrogens with zero attached hydrogens (tertiary/aromatic N) is 6. The maximum absolute atomic E-state index is 14.1. The molecule has 0 radical (unpaired) electrons. The fourth-order valence-electron chi connectivity index (χ4n) is 2.70. The number of fused-ring (bicyclic) bond motifs is 1. The Bertz CT molecular complexity index is 1250. The van der Waals surface area contributed by atoms with E-state index in [4.69, 9.17) is 4.74 Å². The van der Waals surface area contributed by atoms with E-state index in [2.05, 4.69) is 20.1 Å². The zero-order chi connectivity index (χ0) is 21.3. The average Bonchev–Trinajstić information content (AvgIpc) is 3.36. The summed E-state index contributed by atoms with van der Waals surface area (Å²) in [7, 11) is 0. The lowest BCUT2D eigenvalue weighted by Gasteiger charge is -2.18. The minimum Gasteiger partial charge on any atom is -0.453 e. The molecule has 0 saturated carbocycles. The summed E-state index contributed by atoms with van der Waals surface area (Å²) in [5.41, 5.74) is 1.27. The van der Waals surface area contributed by atoms with Crippen LogP contribution in [0.25, 0.3) is 5.78 Å². The number of hydrogen-bond acceptors (Lipinski definition) is 8. The number of carbonyl (C=O) groups excluding carboxylic acids is 2. The van der Waals surface area contributed by atoms with Crippen molar-refractivity contribution in [2.24, 2.45) is 0 Å². The van der Waals surface area contributed by atoms with Crippen LogP contribution in [0.5, 0.6) is 0 Å². The van der Waals surface area contributed by atoms with Crippen molar-refractivity contribution in [1.29, 1.82) is 0 Å². The molecule has 0 bridgehead atoms. The molecule has 3 heterocycles. The minimum atomic E-state index is -0.730. The maximum Gasteiger partial charge on any atom is 0.378 e. The number of thiazole rings is 1. The molecule has 4 aromatic rings. The van der Waals surface area contributed by atoms with Crippen LogP contribution >= 0.6 is 11.3 Å². The Morgan fingerprint density at radius 1 is 1.23 bits per heavy atom.